The van der Waals surface area contributed by atoms with Crippen molar-refractivity contribution < 1.29 is 43.6 Å². The van der Waals surface area contributed by atoms with E-state index in [0.717, 1.165) is 67.4 Å². The number of hydrogen-bond donors (Lipinski definition) is 3. The predicted molar refractivity (Wildman–Crippen MR) is 261 cm³/mol. The van der Waals surface area contributed by atoms with Gasteiger partial charge in [-0.3, -0.25) is 4.79 Å². The Morgan fingerprint density at radius 3 is 2.30 bits per heavy atom. The number of rotatable bonds is 31. The molecule has 12 nitrogen and oxygen atoms in total. The second-order valence-electron chi connectivity index (χ2n) is 18.3. The van der Waals surface area contributed by atoms with Crippen molar-refractivity contribution in [2.24, 2.45) is 22.9 Å². The number of ether oxygens (including phenoxy) is 4. The van der Waals surface area contributed by atoms with Gasteiger partial charge in [0.2, 0.25) is 11.7 Å². The Hall–Kier alpha value is -4.39. The SMILES string of the molecule is C=CCO[C@@]12Oc3ccc(OC(=O)NCCCCCCCCCCCC)cc3[C@H]3[C@H](CCCCO)[C@@H](CCCCO)C=C(C(=NOCC)C[C@@H]1N(CCC)C(=O)Cc1cccc(OC)c1)[C@H]32. The van der Waals surface area contributed by atoms with Crippen LogP contribution in [0.5, 0.6) is 17.2 Å². The van der Waals surface area contributed by atoms with Gasteiger partial charge in [0.15, 0.2) is 0 Å². The van der Waals surface area contributed by atoms with Crippen LogP contribution in [0, 0.1) is 17.8 Å². The molecule has 366 valence electrons. The average Bonchev–Trinajstić information content (AvgIpc) is 3.32. The van der Waals surface area contributed by atoms with Gasteiger partial charge in [0.25, 0.3) is 0 Å². The van der Waals surface area contributed by atoms with E-state index in [1.807, 2.05) is 48.2 Å². The van der Waals surface area contributed by atoms with Crippen LogP contribution in [0.15, 0.2) is 71.9 Å². The number of carbonyl (C=O) groups is 2. The van der Waals surface area contributed by atoms with Gasteiger partial charge in [-0.05, 0) is 98.8 Å². The lowest BCUT2D eigenvalue weighted by atomic mass is 9.55. The Morgan fingerprint density at radius 1 is 0.894 bits per heavy atom. The van der Waals surface area contributed by atoms with Crippen molar-refractivity contribution in [3.05, 3.63) is 77.9 Å². The number of allylic oxidation sites excluding steroid dienone is 1. The number of amides is 2. The minimum Gasteiger partial charge on any atom is -0.497 e. The molecule has 1 fully saturated rings. The first-order valence-corrected chi connectivity index (χ1v) is 25.4. The highest BCUT2D eigenvalue weighted by Gasteiger charge is 2.65. The topological polar surface area (TPSA) is 148 Å². The second-order valence-corrected chi connectivity index (χ2v) is 18.3. The van der Waals surface area contributed by atoms with Gasteiger partial charge in [0.1, 0.15) is 29.9 Å². The van der Waals surface area contributed by atoms with E-state index in [-0.39, 0.29) is 49.9 Å². The van der Waals surface area contributed by atoms with E-state index in [9.17, 15) is 19.8 Å². The van der Waals surface area contributed by atoms with E-state index in [2.05, 4.69) is 31.8 Å². The Morgan fingerprint density at radius 2 is 1.62 bits per heavy atom. The lowest BCUT2D eigenvalue weighted by Gasteiger charge is -2.60. The molecule has 1 heterocycles. The smallest absolute Gasteiger partial charge is 0.412 e. The maximum Gasteiger partial charge on any atom is 0.412 e. The highest BCUT2D eigenvalue weighted by molar-refractivity contribution is 6.03. The average molecular weight is 916 g/mol. The molecule has 0 aromatic heterocycles. The molecule has 2 aliphatic carbocycles. The molecule has 2 aromatic rings. The summed E-state index contributed by atoms with van der Waals surface area (Å²) in [4.78, 5) is 36.0. The van der Waals surface area contributed by atoms with Crippen LogP contribution in [0.3, 0.4) is 0 Å². The van der Waals surface area contributed by atoms with Gasteiger partial charge >= 0.3 is 6.09 Å². The third-order valence-corrected chi connectivity index (χ3v) is 13.6. The van der Waals surface area contributed by atoms with Crippen LogP contribution in [-0.4, -0.2) is 91.3 Å². The first-order chi connectivity index (χ1) is 32.3. The van der Waals surface area contributed by atoms with E-state index < -0.39 is 23.8 Å². The summed E-state index contributed by atoms with van der Waals surface area (Å²) in [6, 6.07) is 12.6. The van der Waals surface area contributed by atoms with Gasteiger partial charge in [-0.25, -0.2) is 4.79 Å². The van der Waals surface area contributed by atoms with Crippen LogP contribution in [0.2, 0.25) is 0 Å². The predicted octanol–water partition coefficient (Wildman–Crippen LogP) is 10.8. The molecule has 2 amide bonds. The van der Waals surface area contributed by atoms with E-state index in [4.69, 9.17) is 28.9 Å². The minimum atomic E-state index is -1.37. The maximum absolute atomic E-state index is 14.9. The van der Waals surface area contributed by atoms with Crippen LogP contribution >= 0.6 is 0 Å². The zero-order valence-corrected chi connectivity index (χ0v) is 40.6. The van der Waals surface area contributed by atoms with Crippen molar-refractivity contribution in [1.82, 2.24) is 10.2 Å². The third kappa shape index (κ3) is 14.1. The number of carbonyl (C=O) groups excluding carboxylic acids is 2. The number of benzene rings is 2. The van der Waals surface area contributed by atoms with Gasteiger partial charge < -0.3 is 44.2 Å². The fourth-order valence-corrected chi connectivity index (χ4v) is 10.6. The molecule has 66 heavy (non-hydrogen) atoms. The summed E-state index contributed by atoms with van der Waals surface area (Å²) in [5.41, 5.74) is 3.44. The molecule has 3 aliphatic rings. The summed E-state index contributed by atoms with van der Waals surface area (Å²) in [5.74, 6) is -0.324. The lowest BCUT2D eigenvalue weighted by molar-refractivity contribution is -0.257. The first-order valence-electron chi connectivity index (χ1n) is 25.4. The molecule has 5 rings (SSSR count). The number of fused-ring (bicyclic) bond motifs is 2. The van der Waals surface area contributed by atoms with Crippen molar-refractivity contribution in [1.29, 1.82) is 0 Å². The standard InChI is InChI=1S/C54H81N3O9/c1-6-10-11-12-13-14-15-16-17-20-30-55-53(61)65-43-28-29-48-46(38-43)51-44(27-19-22-33-59)41(25-18-21-32-58)37-45-47(56-64-9-4)39-49(54(66-48,52(45)51)63-34-8-3)57(31-7-2)50(60)36-40-24-23-26-42(35-40)62-5/h8,23-24,26,28-29,35,37-38,41,44,49,51-52,58-59H,3,6-7,9-22,25,27,30-34,36,39H2,1-2,4-5H3,(H,55,61)/t41-,44+,49-,51+,52+,54+/m0/s1. The zero-order chi connectivity index (χ0) is 47.2. The number of nitrogens with one attached hydrogen (secondary N) is 1. The quantitative estimate of drug-likeness (QED) is 0.0382. The second kappa shape index (κ2) is 28.1. The van der Waals surface area contributed by atoms with E-state index in [1.165, 1.54) is 44.9 Å². The highest BCUT2D eigenvalue weighted by Crippen LogP contribution is 2.62. The maximum atomic E-state index is 14.9. The molecular formula is C54H81N3O9. The van der Waals surface area contributed by atoms with Crippen LogP contribution < -0.4 is 19.5 Å². The summed E-state index contributed by atoms with van der Waals surface area (Å²) in [5, 5.41) is 27.7. The fourth-order valence-electron chi connectivity index (χ4n) is 10.6. The Labute approximate surface area is 395 Å². The molecule has 0 unspecified atom stereocenters. The van der Waals surface area contributed by atoms with Crippen molar-refractivity contribution in [3.8, 4) is 17.2 Å². The number of nitrogens with zero attached hydrogens (tertiary/aromatic N) is 2. The van der Waals surface area contributed by atoms with Crippen molar-refractivity contribution in [3.63, 3.8) is 0 Å². The summed E-state index contributed by atoms with van der Waals surface area (Å²) < 4.78 is 26.0. The summed E-state index contributed by atoms with van der Waals surface area (Å²) in [6.45, 7) is 12.0. The summed E-state index contributed by atoms with van der Waals surface area (Å²) >= 11 is 0. The molecule has 3 N–H and O–H groups in total. The van der Waals surface area contributed by atoms with E-state index >= 15 is 0 Å². The number of aliphatic hydroxyl groups is 2. The largest absolute Gasteiger partial charge is 0.497 e. The van der Waals surface area contributed by atoms with Gasteiger partial charge in [0.05, 0.1) is 31.8 Å². The van der Waals surface area contributed by atoms with Crippen molar-refractivity contribution >= 4 is 17.7 Å². The molecule has 12 heteroatoms. The summed E-state index contributed by atoms with van der Waals surface area (Å²) in [7, 11) is 1.62. The Bertz CT molecular complexity index is 1870. The van der Waals surface area contributed by atoms with Crippen LogP contribution in [0.1, 0.15) is 153 Å². The molecule has 6 atom stereocenters. The van der Waals surface area contributed by atoms with Crippen LogP contribution in [-0.2, 0) is 20.8 Å². The van der Waals surface area contributed by atoms with Crippen molar-refractivity contribution in [2.45, 2.75) is 161 Å². The van der Waals surface area contributed by atoms with Crippen LogP contribution in [0.4, 0.5) is 4.79 Å². The number of methoxy groups -OCH3 is 1. The molecule has 0 radical (unpaired) electrons. The van der Waals surface area contributed by atoms with Crippen molar-refractivity contribution in [2.75, 3.05) is 46.6 Å². The number of unbranched alkanes of at least 4 members (excludes halogenated alkanes) is 11. The van der Waals surface area contributed by atoms with Gasteiger partial charge in [0, 0.05) is 44.2 Å². The van der Waals surface area contributed by atoms with Gasteiger partial charge in [-0.2, -0.15) is 0 Å². The molecule has 0 bridgehead atoms. The molecule has 1 saturated carbocycles. The normalized spacial score (nSPS) is 22.4. The first kappa shape index (κ1) is 52.6. The zero-order valence-electron chi connectivity index (χ0n) is 40.6. The number of aliphatic hydroxyl groups excluding tert-OH is 2. The third-order valence-electron chi connectivity index (χ3n) is 13.6. The summed E-state index contributed by atoms with van der Waals surface area (Å²) in [6.07, 6.45) is 21.5. The number of hydrogen-bond acceptors (Lipinski definition) is 10. The minimum absolute atomic E-state index is 0.0398. The van der Waals surface area contributed by atoms with E-state index in [0.29, 0.717) is 62.6 Å². The number of oxime groups is 1. The highest BCUT2D eigenvalue weighted by atomic mass is 16.7. The fraction of sp³-hybridized carbons (Fsp3) is 0.648. The molecule has 1 aliphatic heterocycles. The molecule has 0 spiro atoms. The molecular weight excluding hydrogens is 835 g/mol. The Kier molecular flexibility index (Phi) is 22.4. The monoisotopic (exact) mass is 916 g/mol. The Balaban J connectivity index is 1.54. The van der Waals surface area contributed by atoms with Crippen LogP contribution in [0.25, 0.3) is 0 Å². The molecule has 0 saturated heterocycles. The van der Waals surface area contributed by atoms with Gasteiger partial charge in [-0.15, -0.1) is 6.58 Å². The van der Waals surface area contributed by atoms with E-state index in [1.54, 1.807) is 19.3 Å². The molecule has 2 aromatic carbocycles. The van der Waals surface area contributed by atoms with Gasteiger partial charge in [-0.1, -0.05) is 114 Å². The lowest BCUT2D eigenvalue weighted by Crippen LogP contribution is -2.70.